The average molecular weight is 661 g/mol. The number of fused-ring (bicyclic) bond motifs is 5. The van der Waals surface area contributed by atoms with Crippen molar-refractivity contribution in [2.75, 3.05) is 7.05 Å². The fourth-order valence-corrected chi connectivity index (χ4v) is 7.25. The first-order chi connectivity index (χ1) is 25.2. The van der Waals surface area contributed by atoms with E-state index in [1.807, 2.05) is 24.4 Å². The molecule has 0 aliphatic carbocycles. The van der Waals surface area contributed by atoms with Crippen LogP contribution in [0.3, 0.4) is 0 Å². The number of hydrogen-bond donors (Lipinski definition) is 2. The summed E-state index contributed by atoms with van der Waals surface area (Å²) in [5, 5.41) is 6.08. The van der Waals surface area contributed by atoms with Crippen LogP contribution in [0.1, 0.15) is 5.56 Å². The molecule has 3 aromatic heterocycles. The highest BCUT2D eigenvalue weighted by atomic mass is 15.3. The standard InChI is InChI=1S/C44H31N5.CH5N/c1-2-8-36(9-3-1)49-41-22-20-34(30-12-16-32(17-13-30)39-28-47-24-6-4-10-43(47)45-39)26-37(41)38-27-35(21-23-42(38)49)31-14-18-33(19-15-31)40-29-48-25-7-5-11-44(48)46-40;1-2/h1-29,43,45H;2H2,1H3. The van der Waals surface area contributed by atoms with E-state index < -0.39 is 0 Å². The second-order valence-electron chi connectivity index (χ2n) is 12.7. The van der Waals surface area contributed by atoms with E-state index in [0.717, 1.165) is 28.3 Å². The number of pyridine rings is 1. The lowest BCUT2D eigenvalue weighted by atomic mass is 9.99. The summed E-state index contributed by atoms with van der Waals surface area (Å²) in [5.74, 6) is 0. The molecule has 8 aromatic rings. The Balaban J connectivity index is 0.00000171. The molecule has 3 N–H and O–H groups in total. The molecule has 0 saturated heterocycles. The summed E-state index contributed by atoms with van der Waals surface area (Å²) in [4.78, 5) is 7.01. The Morgan fingerprint density at radius 1 is 0.608 bits per heavy atom. The van der Waals surface area contributed by atoms with E-state index in [9.17, 15) is 0 Å². The van der Waals surface area contributed by atoms with Gasteiger partial charge in [0.2, 0.25) is 0 Å². The lowest BCUT2D eigenvalue weighted by molar-refractivity contribution is 0.427. The van der Waals surface area contributed by atoms with Gasteiger partial charge >= 0.3 is 0 Å². The number of para-hydroxylation sites is 1. The number of rotatable bonds is 5. The van der Waals surface area contributed by atoms with Gasteiger partial charge in [-0.1, -0.05) is 91.0 Å². The molecule has 1 unspecified atom stereocenters. The zero-order valence-corrected chi connectivity index (χ0v) is 28.2. The molecule has 246 valence electrons. The first-order valence-corrected chi connectivity index (χ1v) is 17.2. The summed E-state index contributed by atoms with van der Waals surface area (Å²) >= 11 is 0. The van der Waals surface area contributed by atoms with Crippen molar-refractivity contribution in [3.05, 3.63) is 182 Å². The van der Waals surface area contributed by atoms with Crippen molar-refractivity contribution >= 4 is 33.2 Å². The Bertz CT molecular complexity index is 2590. The summed E-state index contributed by atoms with van der Waals surface area (Å²) in [5.41, 5.74) is 18.1. The maximum absolute atomic E-state index is 4.81. The second-order valence-corrected chi connectivity index (χ2v) is 12.7. The molecular formula is C45H36N6. The van der Waals surface area contributed by atoms with Crippen molar-refractivity contribution in [3.8, 4) is 39.2 Å². The zero-order chi connectivity index (χ0) is 34.3. The molecule has 6 nitrogen and oxygen atoms in total. The first-order valence-electron chi connectivity index (χ1n) is 17.2. The number of nitrogens with zero attached hydrogens (tertiary/aromatic N) is 4. The molecule has 0 bridgehead atoms. The zero-order valence-electron chi connectivity index (χ0n) is 28.2. The molecule has 0 amide bonds. The van der Waals surface area contributed by atoms with Crippen molar-refractivity contribution < 1.29 is 0 Å². The van der Waals surface area contributed by atoms with Crippen LogP contribution in [0.25, 0.3) is 72.3 Å². The molecule has 2 aliphatic heterocycles. The van der Waals surface area contributed by atoms with Crippen molar-refractivity contribution in [1.82, 2.24) is 24.2 Å². The fraction of sp³-hybridized carbons (Fsp3) is 0.0444. The second kappa shape index (κ2) is 12.7. The number of benzene rings is 5. The van der Waals surface area contributed by atoms with Gasteiger partial charge in [0.05, 0.1) is 22.4 Å². The quantitative estimate of drug-likeness (QED) is 0.193. The van der Waals surface area contributed by atoms with Crippen LogP contribution in [0.5, 0.6) is 0 Å². The van der Waals surface area contributed by atoms with Crippen LogP contribution >= 0.6 is 0 Å². The Morgan fingerprint density at radius 3 is 1.86 bits per heavy atom. The molecule has 0 radical (unpaired) electrons. The molecule has 5 heterocycles. The maximum atomic E-state index is 4.81. The van der Waals surface area contributed by atoms with Crippen molar-refractivity contribution in [3.63, 3.8) is 0 Å². The van der Waals surface area contributed by atoms with Crippen molar-refractivity contribution in [1.29, 1.82) is 0 Å². The highest BCUT2D eigenvalue weighted by Crippen LogP contribution is 2.38. The molecule has 6 heteroatoms. The molecule has 0 spiro atoms. The molecule has 0 fully saturated rings. The van der Waals surface area contributed by atoms with E-state index in [2.05, 4.69) is 177 Å². The van der Waals surface area contributed by atoms with E-state index in [-0.39, 0.29) is 6.17 Å². The minimum absolute atomic E-state index is 0.184. The summed E-state index contributed by atoms with van der Waals surface area (Å²) < 4.78 is 4.44. The molecule has 5 aromatic carbocycles. The van der Waals surface area contributed by atoms with Crippen molar-refractivity contribution in [2.45, 2.75) is 6.17 Å². The fourth-order valence-electron chi connectivity index (χ4n) is 7.25. The Hall–Kier alpha value is -6.63. The van der Waals surface area contributed by atoms with Crippen molar-refractivity contribution in [2.24, 2.45) is 5.73 Å². The van der Waals surface area contributed by atoms with E-state index >= 15 is 0 Å². The minimum atomic E-state index is 0.184. The first kappa shape index (κ1) is 30.4. The monoisotopic (exact) mass is 660 g/mol. The van der Waals surface area contributed by atoms with Gasteiger partial charge in [0.1, 0.15) is 11.8 Å². The van der Waals surface area contributed by atoms with Gasteiger partial charge in [0.15, 0.2) is 0 Å². The molecule has 0 saturated carbocycles. The number of allylic oxidation sites excluding steroid dienone is 2. The van der Waals surface area contributed by atoms with Crippen LogP contribution < -0.4 is 11.1 Å². The van der Waals surface area contributed by atoms with E-state index in [1.54, 1.807) is 0 Å². The number of nitrogens with two attached hydrogens (primary N) is 1. The number of imidazole rings is 1. The Labute approximate surface area is 296 Å². The number of hydrogen-bond acceptors (Lipinski definition) is 4. The SMILES string of the molecule is C1=CC2NC(c3ccc(-c4ccc5c(c4)c4cc(-c6ccc(-c7cn8ccccc8n7)cc6)ccc4n5-c4ccccc4)cc3)=CN2C=C1.CN. The van der Waals surface area contributed by atoms with Gasteiger partial charge in [-0.25, -0.2) is 4.98 Å². The van der Waals surface area contributed by atoms with Crippen LogP contribution in [0.15, 0.2) is 176 Å². The lowest BCUT2D eigenvalue weighted by Crippen LogP contribution is -2.31. The average Bonchev–Trinajstić information content (AvgIpc) is 3.93. The van der Waals surface area contributed by atoms with E-state index in [0.29, 0.717) is 0 Å². The van der Waals surface area contributed by atoms with Crippen LogP contribution in [0.4, 0.5) is 0 Å². The van der Waals surface area contributed by atoms with Gasteiger partial charge in [0.25, 0.3) is 0 Å². The topological polar surface area (TPSA) is 63.5 Å². The van der Waals surface area contributed by atoms with Gasteiger partial charge in [0, 0.05) is 46.8 Å². The molecular weight excluding hydrogens is 625 g/mol. The third kappa shape index (κ3) is 5.39. The van der Waals surface area contributed by atoms with Gasteiger partial charge in [-0.2, -0.15) is 0 Å². The van der Waals surface area contributed by atoms with E-state index in [4.69, 9.17) is 4.98 Å². The number of nitrogens with one attached hydrogen (secondary N) is 1. The minimum Gasteiger partial charge on any atom is -0.360 e. The van der Waals surface area contributed by atoms with Gasteiger partial charge in [-0.15, -0.1) is 0 Å². The predicted octanol–water partition coefficient (Wildman–Crippen LogP) is 9.62. The van der Waals surface area contributed by atoms with Crippen LogP contribution in [0.2, 0.25) is 0 Å². The summed E-state index contributed by atoms with van der Waals surface area (Å²) in [6.45, 7) is 0. The highest BCUT2D eigenvalue weighted by Gasteiger charge is 2.22. The summed E-state index contributed by atoms with van der Waals surface area (Å²) in [6, 6.07) is 48.1. The normalized spacial score (nSPS) is 14.7. The highest BCUT2D eigenvalue weighted by molar-refractivity contribution is 6.11. The van der Waals surface area contributed by atoms with Gasteiger partial charge in [-0.05, 0) is 95.5 Å². The van der Waals surface area contributed by atoms with E-state index in [1.165, 1.54) is 56.7 Å². The lowest BCUT2D eigenvalue weighted by Gasteiger charge is -2.20. The van der Waals surface area contributed by atoms with Gasteiger partial charge in [-0.3, -0.25) is 0 Å². The molecule has 2 aliphatic rings. The Kier molecular flexibility index (Phi) is 7.56. The summed E-state index contributed by atoms with van der Waals surface area (Å²) in [7, 11) is 1.50. The van der Waals surface area contributed by atoms with Crippen LogP contribution in [-0.4, -0.2) is 32.1 Å². The number of aromatic nitrogens is 3. The smallest absolute Gasteiger partial charge is 0.137 e. The van der Waals surface area contributed by atoms with Gasteiger partial charge < -0.3 is 24.9 Å². The predicted molar refractivity (Wildman–Crippen MR) is 211 cm³/mol. The molecule has 1 atom stereocenters. The third-order valence-electron chi connectivity index (χ3n) is 9.75. The van der Waals surface area contributed by atoms with Crippen LogP contribution in [0, 0.1) is 0 Å². The Morgan fingerprint density at radius 2 is 1.22 bits per heavy atom. The third-order valence-corrected chi connectivity index (χ3v) is 9.75. The largest absolute Gasteiger partial charge is 0.360 e. The van der Waals surface area contributed by atoms with Crippen LogP contribution in [-0.2, 0) is 0 Å². The summed E-state index contributed by atoms with van der Waals surface area (Å²) in [6.07, 6.45) is 14.9. The molecule has 51 heavy (non-hydrogen) atoms. The molecule has 10 rings (SSSR count). The maximum Gasteiger partial charge on any atom is 0.137 e.